The van der Waals surface area contributed by atoms with E-state index in [9.17, 15) is 36.6 Å². The largest absolute Gasteiger partial charge is 0.382 e. The number of sulfonamides is 1. The summed E-state index contributed by atoms with van der Waals surface area (Å²) in [5.41, 5.74) is 5.60. The Bertz CT molecular complexity index is 2540. The normalized spacial score (nSPS) is 17.3. The Morgan fingerprint density at radius 1 is 0.639 bits per heavy atom. The Morgan fingerprint density at radius 2 is 1.12 bits per heavy atom. The monoisotopic (exact) mass is 1110 g/mol. The minimum atomic E-state index is -3.84. The van der Waals surface area contributed by atoms with E-state index in [1.807, 2.05) is 38.4 Å². The molecule has 4 aromatic carbocycles. The number of ether oxygens (including phenoxy) is 4. The average Bonchev–Trinajstić information content (AvgIpc) is 3.34. The Morgan fingerprint density at radius 3 is 1.68 bits per heavy atom. The maximum atomic E-state index is 13.3. The molecule has 394 valence electrons. The number of likely N-dealkylation sites (N-methyl/N-ethyl adjacent to an activating group) is 2. The molecule has 4 aromatic rings. The van der Waals surface area contributed by atoms with Crippen molar-refractivity contribution in [2.45, 2.75) is 66.2 Å². The standard InChI is InChI=1S/C50H62Cl4N4O12S2/c1-57-29-41(39-25-35(51)27-45(53)43(39)31-57)33-7-3-9-37(23-33)71(63,64)22-6-15-68-19-20-69-16-12-55-50(62)49(61)48(60)47(59)11-5-14-67-18-21-70-17-13-56-72(65,66)38-10-4-8-34(24-38)42-30-58(2)32-44-40(42)26-36(52)28-46(44)54/h3-4,7-10,23-28,41-42,48-49,56,60-61H,5-6,11-22,29-32H2,1-2H3,(H,55,62)/t41?,42?,48-,49+/m0/s1. The summed E-state index contributed by atoms with van der Waals surface area (Å²) in [4.78, 5) is 29.4. The van der Waals surface area contributed by atoms with Crippen LogP contribution in [0, 0.1) is 0 Å². The number of Topliss-reactive ketones (excluding diaryl/α,β-unsaturated/α-hetero) is 1. The zero-order valence-electron chi connectivity index (χ0n) is 40.2. The molecule has 0 saturated heterocycles. The summed E-state index contributed by atoms with van der Waals surface area (Å²) in [6.07, 6.45) is -3.58. The second-order valence-electron chi connectivity index (χ2n) is 17.8. The van der Waals surface area contributed by atoms with Crippen molar-refractivity contribution >= 4 is 78.0 Å². The van der Waals surface area contributed by atoms with Gasteiger partial charge in [-0.3, -0.25) is 9.59 Å². The number of halogens is 4. The van der Waals surface area contributed by atoms with E-state index in [1.165, 1.54) is 6.07 Å². The lowest BCUT2D eigenvalue weighted by Gasteiger charge is -2.33. The Labute approximate surface area is 442 Å². The fourth-order valence-electron chi connectivity index (χ4n) is 8.70. The summed E-state index contributed by atoms with van der Waals surface area (Å²) in [5.74, 6) is -2.00. The van der Waals surface area contributed by atoms with Crippen molar-refractivity contribution in [2.75, 3.05) is 98.9 Å². The highest BCUT2D eigenvalue weighted by Crippen LogP contribution is 2.40. The fourth-order valence-corrected chi connectivity index (χ4v) is 12.2. The third-order valence-electron chi connectivity index (χ3n) is 12.3. The third-order valence-corrected chi connectivity index (χ3v) is 16.7. The molecule has 1 amide bonds. The Kier molecular flexibility index (Phi) is 22.1. The van der Waals surface area contributed by atoms with Crippen molar-refractivity contribution in [3.05, 3.63) is 126 Å². The molecule has 22 heteroatoms. The van der Waals surface area contributed by atoms with Crippen LogP contribution >= 0.6 is 46.4 Å². The van der Waals surface area contributed by atoms with Gasteiger partial charge in [-0.05, 0) is 109 Å². The van der Waals surface area contributed by atoms with Gasteiger partial charge in [-0.15, -0.1) is 0 Å². The summed E-state index contributed by atoms with van der Waals surface area (Å²) in [6.45, 7) is 3.85. The summed E-state index contributed by atoms with van der Waals surface area (Å²) in [7, 11) is -3.46. The van der Waals surface area contributed by atoms with Crippen LogP contribution in [0.5, 0.6) is 0 Å². The van der Waals surface area contributed by atoms with E-state index in [1.54, 1.807) is 42.5 Å². The highest BCUT2D eigenvalue weighted by atomic mass is 35.5. The van der Waals surface area contributed by atoms with Crippen LogP contribution in [0.25, 0.3) is 0 Å². The van der Waals surface area contributed by atoms with Gasteiger partial charge in [-0.2, -0.15) is 0 Å². The van der Waals surface area contributed by atoms with Gasteiger partial charge in [0.05, 0.1) is 55.2 Å². The van der Waals surface area contributed by atoms with Crippen LogP contribution in [0.15, 0.2) is 82.6 Å². The van der Waals surface area contributed by atoms with Crippen molar-refractivity contribution < 1.29 is 55.6 Å². The molecule has 2 aliphatic rings. The molecule has 4 N–H and O–H groups in total. The van der Waals surface area contributed by atoms with E-state index in [-0.39, 0.29) is 113 Å². The van der Waals surface area contributed by atoms with Crippen molar-refractivity contribution in [2.24, 2.45) is 0 Å². The molecule has 0 aromatic heterocycles. The second kappa shape index (κ2) is 27.5. The zero-order valence-corrected chi connectivity index (χ0v) is 44.8. The number of hydrogen-bond acceptors (Lipinski definition) is 14. The highest BCUT2D eigenvalue weighted by molar-refractivity contribution is 7.91. The summed E-state index contributed by atoms with van der Waals surface area (Å²) in [6, 6.07) is 21.0. The maximum absolute atomic E-state index is 13.3. The van der Waals surface area contributed by atoms with Crippen molar-refractivity contribution in [1.82, 2.24) is 19.8 Å². The number of aliphatic hydroxyl groups is 2. The molecule has 72 heavy (non-hydrogen) atoms. The number of benzene rings is 4. The van der Waals surface area contributed by atoms with Crippen LogP contribution < -0.4 is 10.0 Å². The number of carbonyl (C=O) groups is 2. The number of aliphatic hydroxyl groups excluding tert-OH is 2. The number of amides is 1. The minimum absolute atomic E-state index is 0.00626. The number of nitrogens with zero attached hydrogens (tertiary/aromatic N) is 2. The topological polar surface area (TPSA) is 210 Å². The van der Waals surface area contributed by atoms with Crippen molar-refractivity contribution in [3.63, 3.8) is 0 Å². The molecule has 0 spiro atoms. The average molecular weight is 1120 g/mol. The summed E-state index contributed by atoms with van der Waals surface area (Å²) >= 11 is 25.7. The second-order valence-corrected chi connectivity index (χ2v) is 23.4. The molecule has 4 atom stereocenters. The maximum Gasteiger partial charge on any atom is 0.252 e. The number of carbonyl (C=O) groups excluding carboxylic acids is 2. The van der Waals surface area contributed by atoms with Gasteiger partial charge in [-0.1, -0.05) is 70.7 Å². The van der Waals surface area contributed by atoms with E-state index in [0.29, 0.717) is 46.3 Å². The molecule has 0 aliphatic carbocycles. The van der Waals surface area contributed by atoms with E-state index in [2.05, 4.69) is 19.8 Å². The number of hydrogen-bond donors (Lipinski definition) is 4. The fraction of sp³-hybridized carbons (Fsp3) is 0.480. The molecule has 0 fully saturated rings. The van der Waals surface area contributed by atoms with Gasteiger partial charge in [0.2, 0.25) is 10.0 Å². The van der Waals surface area contributed by atoms with Gasteiger partial charge in [0.25, 0.3) is 5.91 Å². The van der Waals surface area contributed by atoms with E-state index >= 15 is 0 Å². The Hall–Kier alpha value is -3.28. The van der Waals surface area contributed by atoms with Gasteiger partial charge >= 0.3 is 0 Å². The molecule has 2 aliphatic heterocycles. The smallest absolute Gasteiger partial charge is 0.252 e. The lowest BCUT2D eigenvalue weighted by Crippen LogP contribution is -2.46. The quantitative estimate of drug-likeness (QED) is 0.0492. The van der Waals surface area contributed by atoms with Crippen LogP contribution in [0.3, 0.4) is 0 Å². The van der Waals surface area contributed by atoms with Gasteiger partial charge in [0.15, 0.2) is 21.7 Å². The van der Waals surface area contributed by atoms with Crippen LogP contribution in [-0.4, -0.2) is 160 Å². The van der Waals surface area contributed by atoms with Crippen LogP contribution in [0.4, 0.5) is 0 Å². The van der Waals surface area contributed by atoms with Gasteiger partial charge in [-0.25, -0.2) is 21.6 Å². The predicted molar refractivity (Wildman–Crippen MR) is 277 cm³/mol. The van der Waals surface area contributed by atoms with Gasteiger partial charge in [0, 0.05) is 90.8 Å². The molecule has 0 saturated carbocycles. The molecular weight excluding hydrogens is 1050 g/mol. The van der Waals surface area contributed by atoms with Crippen molar-refractivity contribution in [1.29, 1.82) is 0 Å². The first-order chi connectivity index (χ1) is 34.3. The third kappa shape index (κ3) is 16.4. The molecule has 16 nitrogen and oxygen atoms in total. The zero-order chi connectivity index (χ0) is 52.0. The van der Waals surface area contributed by atoms with E-state index in [4.69, 9.17) is 65.4 Å². The number of sulfone groups is 1. The Balaban J connectivity index is 0.770. The number of ketones is 1. The lowest BCUT2D eigenvalue weighted by molar-refractivity contribution is -0.145. The minimum Gasteiger partial charge on any atom is -0.382 e. The number of nitrogens with one attached hydrogen (secondary N) is 2. The van der Waals surface area contributed by atoms with Gasteiger partial charge < -0.3 is 44.3 Å². The van der Waals surface area contributed by atoms with E-state index in [0.717, 1.165) is 33.4 Å². The van der Waals surface area contributed by atoms with Crippen molar-refractivity contribution in [3.8, 4) is 0 Å². The first-order valence-electron chi connectivity index (χ1n) is 23.6. The van der Waals surface area contributed by atoms with E-state index < -0.39 is 43.8 Å². The summed E-state index contributed by atoms with van der Waals surface area (Å²) < 4.78 is 77.3. The molecule has 0 bridgehead atoms. The number of rotatable bonds is 28. The SMILES string of the molecule is CN1Cc2c(Cl)cc(Cl)cc2C(c2cccc(S(=O)(=O)CCCOCCOCCNC(=O)[C@H](O)[C@@H](O)C(=O)CCCOCCOCCNS(=O)(=O)c3cccc(C4CN(C)Cc5c(Cl)cc(Cl)cc54)c3)c2)C1. The first-order valence-corrected chi connectivity index (χ1v) is 28.2. The molecular formula is C50H62Cl4N4O12S2. The van der Waals surface area contributed by atoms with Crippen LogP contribution in [0.1, 0.15) is 64.5 Å². The summed E-state index contributed by atoms with van der Waals surface area (Å²) in [5, 5.41) is 25.1. The van der Waals surface area contributed by atoms with Gasteiger partial charge in [0.1, 0.15) is 6.10 Å². The first kappa shape index (κ1) is 58.0. The number of fused-ring (bicyclic) bond motifs is 2. The predicted octanol–water partition coefficient (Wildman–Crippen LogP) is 5.85. The van der Waals surface area contributed by atoms with Crippen LogP contribution in [0.2, 0.25) is 20.1 Å². The molecule has 0 radical (unpaired) electrons. The van der Waals surface area contributed by atoms with Crippen LogP contribution in [-0.2, 0) is 61.5 Å². The molecule has 6 rings (SSSR count). The molecule has 2 heterocycles. The highest BCUT2D eigenvalue weighted by Gasteiger charge is 2.31. The molecule has 2 unspecified atom stereocenters. The lowest BCUT2D eigenvalue weighted by atomic mass is 9.85.